The van der Waals surface area contributed by atoms with Crippen molar-refractivity contribution < 1.29 is 14.3 Å². The Labute approximate surface area is 148 Å². The zero-order valence-corrected chi connectivity index (χ0v) is 14.8. The number of nitrogens with zero attached hydrogens (tertiary/aromatic N) is 1. The Balaban J connectivity index is 1.80. The Bertz CT molecular complexity index is 682. The molecule has 0 saturated heterocycles. The number of carbonyl (C=O) groups is 2. The molecule has 0 aliphatic carbocycles. The van der Waals surface area contributed by atoms with Crippen LogP contribution in [0.2, 0.25) is 0 Å². The number of amides is 3. The zero-order valence-electron chi connectivity index (χ0n) is 14.8. The van der Waals surface area contributed by atoms with Crippen LogP contribution in [0, 0.1) is 0 Å². The second-order valence-electron chi connectivity index (χ2n) is 6.36. The van der Waals surface area contributed by atoms with Gasteiger partial charge >= 0.3 is 6.03 Å². The van der Waals surface area contributed by atoms with Crippen LogP contribution in [0.25, 0.3) is 0 Å². The molecule has 0 radical (unpaired) electrons. The minimum Gasteiger partial charge on any atom is -0.494 e. The van der Waals surface area contributed by atoms with Crippen molar-refractivity contribution in [2.24, 2.45) is 0 Å². The van der Waals surface area contributed by atoms with Gasteiger partial charge < -0.3 is 20.3 Å². The molecule has 0 aromatic heterocycles. The molecule has 134 valence electrons. The minimum absolute atomic E-state index is 0.0116. The van der Waals surface area contributed by atoms with Crippen LogP contribution >= 0.6 is 0 Å². The van der Waals surface area contributed by atoms with Gasteiger partial charge in [-0.05, 0) is 31.0 Å². The summed E-state index contributed by atoms with van der Waals surface area (Å²) in [6, 6.07) is 6.86. The van der Waals surface area contributed by atoms with Crippen molar-refractivity contribution in [2.75, 3.05) is 19.7 Å². The Hall–Kier alpha value is -2.50. The molecule has 2 N–H and O–H groups in total. The van der Waals surface area contributed by atoms with E-state index in [1.807, 2.05) is 36.1 Å². The fourth-order valence-corrected chi connectivity index (χ4v) is 3.33. The minimum atomic E-state index is -0.414. The number of hydrogen-bond donors (Lipinski definition) is 2. The number of carbonyl (C=O) groups excluding carboxylic acids is 2. The maximum absolute atomic E-state index is 12.8. The van der Waals surface area contributed by atoms with E-state index in [-0.39, 0.29) is 11.9 Å². The quantitative estimate of drug-likeness (QED) is 0.748. The van der Waals surface area contributed by atoms with Gasteiger partial charge in [-0.25, -0.2) is 4.79 Å². The van der Waals surface area contributed by atoms with Gasteiger partial charge in [0.05, 0.1) is 30.5 Å². The first-order valence-electron chi connectivity index (χ1n) is 8.96. The molecule has 2 heterocycles. The van der Waals surface area contributed by atoms with E-state index in [0.717, 1.165) is 42.8 Å². The van der Waals surface area contributed by atoms with Gasteiger partial charge in [0.25, 0.3) is 5.91 Å². The topological polar surface area (TPSA) is 70.7 Å². The molecule has 1 aromatic carbocycles. The van der Waals surface area contributed by atoms with Gasteiger partial charge in [-0.2, -0.15) is 0 Å². The maximum atomic E-state index is 12.8. The number of rotatable bonds is 7. The molecular weight excluding hydrogens is 318 g/mol. The lowest BCUT2D eigenvalue weighted by Gasteiger charge is -2.25. The fourth-order valence-electron chi connectivity index (χ4n) is 3.33. The number of ether oxygens (including phenoxy) is 1. The Morgan fingerprint density at radius 2 is 1.92 bits per heavy atom. The van der Waals surface area contributed by atoms with E-state index in [9.17, 15) is 9.59 Å². The van der Waals surface area contributed by atoms with Gasteiger partial charge in [0, 0.05) is 6.54 Å². The average molecular weight is 343 g/mol. The van der Waals surface area contributed by atoms with E-state index in [4.69, 9.17) is 4.74 Å². The predicted octanol–water partition coefficient (Wildman–Crippen LogP) is 2.73. The summed E-state index contributed by atoms with van der Waals surface area (Å²) in [5.41, 5.74) is 2.26. The van der Waals surface area contributed by atoms with E-state index < -0.39 is 6.04 Å². The fraction of sp³-hybridized carbons (Fsp3) is 0.474. The highest BCUT2D eigenvalue weighted by Crippen LogP contribution is 2.33. The van der Waals surface area contributed by atoms with Crippen molar-refractivity contribution in [1.82, 2.24) is 15.5 Å². The van der Waals surface area contributed by atoms with Crippen molar-refractivity contribution in [3.8, 4) is 5.75 Å². The Morgan fingerprint density at radius 1 is 1.16 bits per heavy atom. The number of unbranched alkanes of at least 4 members (excludes halogenated alkanes) is 2. The van der Waals surface area contributed by atoms with Gasteiger partial charge in [-0.1, -0.05) is 31.9 Å². The molecule has 0 spiro atoms. The van der Waals surface area contributed by atoms with Crippen LogP contribution < -0.4 is 15.4 Å². The first-order chi connectivity index (χ1) is 12.1. The molecule has 3 amide bonds. The van der Waals surface area contributed by atoms with E-state index in [0.29, 0.717) is 18.7 Å². The smallest absolute Gasteiger partial charge is 0.319 e. The second-order valence-corrected chi connectivity index (χ2v) is 6.36. The van der Waals surface area contributed by atoms with Crippen LogP contribution in [0.3, 0.4) is 0 Å². The SMILES string of the molecule is CCCCCN1CC2=C(C1=O)[C@@H](c1ccc(OCC)cc1)NC(=O)N2. The van der Waals surface area contributed by atoms with Gasteiger partial charge in [0.1, 0.15) is 5.75 Å². The Kier molecular flexibility index (Phi) is 5.26. The van der Waals surface area contributed by atoms with Crippen molar-refractivity contribution in [3.05, 3.63) is 41.1 Å². The summed E-state index contributed by atoms with van der Waals surface area (Å²) in [5, 5.41) is 5.68. The average Bonchev–Trinajstić information content (AvgIpc) is 2.91. The molecular formula is C19H25N3O3. The van der Waals surface area contributed by atoms with Crippen molar-refractivity contribution in [1.29, 1.82) is 0 Å². The van der Waals surface area contributed by atoms with Gasteiger partial charge in [0.2, 0.25) is 0 Å². The van der Waals surface area contributed by atoms with E-state index >= 15 is 0 Å². The largest absolute Gasteiger partial charge is 0.494 e. The summed E-state index contributed by atoms with van der Waals surface area (Å²) in [6.45, 7) is 5.89. The highest BCUT2D eigenvalue weighted by Gasteiger charge is 2.39. The number of benzene rings is 1. The lowest BCUT2D eigenvalue weighted by atomic mass is 9.96. The molecule has 25 heavy (non-hydrogen) atoms. The molecule has 2 aliphatic rings. The maximum Gasteiger partial charge on any atom is 0.319 e. The first kappa shape index (κ1) is 17.3. The summed E-state index contributed by atoms with van der Waals surface area (Å²) >= 11 is 0. The third-order valence-corrected chi connectivity index (χ3v) is 4.58. The monoisotopic (exact) mass is 343 g/mol. The van der Waals surface area contributed by atoms with Gasteiger partial charge in [-0.15, -0.1) is 0 Å². The predicted molar refractivity (Wildman–Crippen MR) is 95.2 cm³/mol. The lowest BCUT2D eigenvalue weighted by molar-refractivity contribution is -0.125. The van der Waals surface area contributed by atoms with Gasteiger partial charge in [-0.3, -0.25) is 4.79 Å². The summed E-state index contributed by atoms with van der Waals surface area (Å²) < 4.78 is 5.46. The third-order valence-electron chi connectivity index (χ3n) is 4.58. The number of nitrogens with one attached hydrogen (secondary N) is 2. The molecule has 1 atom stereocenters. The zero-order chi connectivity index (χ0) is 17.8. The molecule has 3 rings (SSSR count). The van der Waals surface area contributed by atoms with Crippen molar-refractivity contribution in [3.63, 3.8) is 0 Å². The molecule has 0 unspecified atom stereocenters. The standard InChI is InChI=1S/C19H25N3O3/c1-3-5-6-11-22-12-15-16(18(22)23)17(21-19(24)20-15)13-7-9-14(10-8-13)25-4-2/h7-10,17H,3-6,11-12H2,1-2H3,(H2,20,21,24)/t17-/m1/s1. The van der Waals surface area contributed by atoms with Crippen LogP contribution in [-0.4, -0.2) is 36.5 Å². The molecule has 2 aliphatic heterocycles. The number of urea groups is 1. The first-order valence-corrected chi connectivity index (χ1v) is 8.96. The molecule has 0 fully saturated rings. The molecule has 1 aromatic rings. The summed E-state index contributed by atoms with van der Waals surface area (Å²) in [6.07, 6.45) is 3.20. The lowest BCUT2D eigenvalue weighted by Crippen LogP contribution is -2.44. The van der Waals surface area contributed by atoms with E-state index in [2.05, 4.69) is 17.6 Å². The van der Waals surface area contributed by atoms with E-state index in [1.54, 1.807) is 0 Å². The summed E-state index contributed by atoms with van der Waals surface area (Å²) in [4.78, 5) is 26.7. The molecule has 6 nitrogen and oxygen atoms in total. The molecule has 0 bridgehead atoms. The Morgan fingerprint density at radius 3 is 2.60 bits per heavy atom. The normalized spacial score (nSPS) is 19.6. The van der Waals surface area contributed by atoms with Crippen LogP contribution in [0.5, 0.6) is 5.75 Å². The second kappa shape index (κ2) is 7.59. The van der Waals surface area contributed by atoms with Crippen LogP contribution in [-0.2, 0) is 4.79 Å². The van der Waals surface area contributed by atoms with Crippen LogP contribution in [0.1, 0.15) is 44.7 Å². The van der Waals surface area contributed by atoms with Crippen molar-refractivity contribution >= 4 is 11.9 Å². The number of hydrogen-bond acceptors (Lipinski definition) is 3. The van der Waals surface area contributed by atoms with Gasteiger partial charge in [0.15, 0.2) is 0 Å². The van der Waals surface area contributed by atoms with Crippen LogP contribution in [0.4, 0.5) is 4.79 Å². The summed E-state index contributed by atoms with van der Waals surface area (Å²) in [7, 11) is 0. The molecule has 6 heteroatoms. The molecule has 0 saturated carbocycles. The highest BCUT2D eigenvalue weighted by molar-refractivity contribution is 6.01. The third kappa shape index (κ3) is 3.62. The highest BCUT2D eigenvalue weighted by atomic mass is 16.5. The van der Waals surface area contributed by atoms with Crippen LogP contribution in [0.15, 0.2) is 35.5 Å². The summed E-state index contributed by atoms with van der Waals surface area (Å²) in [5.74, 6) is 0.789. The van der Waals surface area contributed by atoms with Crippen molar-refractivity contribution in [2.45, 2.75) is 39.2 Å². The van der Waals surface area contributed by atoms with E-state index in [1.165, 1.54) is 0 Å².